The maximum atomic E-state index is 12.3. The molecule has 12 nitrogen and oxygen atoms in total. The van der Waals surface area contributed by atoms with Gasteiger partial charge in [0, 0.05) is 18.5 Å². The average Bonchev–Trinajstić information content (AvgIpc) is 3.24. The van der Waals surface area contributed by atoms with E-state index >= 15 is 0 Å². The summed E-state index contributed by atoms with van der Waals surface area (Å²) in [5, 5.41) is 9.35. The maximum absolute atomic E-state index is 12.3. The Morgan fingerprint density at radius 1 is 1.25 bits per heavy atom. The van der Waals surface area contributed by atoms with Gasteiger partial charge in [0.1, 0.15) is 6.10 Å². The minimum Gasteiger partial charge on any atom is -0.424 e. The number of nitrogens with zero attached hydrogens (tertiary/aromatic N) is 3. The highest BCUT2D eigenvalue weighted by atomic mass is 16.8. The van der Waals surface area contributed by atoms with Crippen LogP contribution >= 0.6 is 0 Å². The van der Waals surface area contributed by atoms with Crippen molar-refractivity contribution in [1.29, 1.82) is 0 Å². The summed E-state index contributed by atoms with van der Waals surface area (Å²) in [6.45, 7) is -0.417. The first-order valence-electron chi connectivity index (χ1n) is 8.18. The van der Waals surface area contributed by atoms with Crippen molar-refractivity contribution >= 4 is 17.9 Å². The molecule has 0 aliphatic carbocycles. The Hall–Kier alpha value is -3.51. The lowest BCUT2D eigenvalue weighted by atomic mass is 10.1. The lowest BCUT2D eigenvalue weighted by Gasteiger charge is -2.17. The number of carbonyl (C=O) groups is 2. The molecule has 2 aliphatic rings. The van der Waals surface area contributed by atoms with Crippen LogP contribution in [0.4, 0.5) is 10.6 Å². The molecule has 0 bridgehead atoms. The Kier molecular flexibility index (Phi) is 4.63. The van der Waals surface area contributed by atoms with Crippen molar-refractivity contribution < 1.29 is 33.7 Å². The second kappa shape index (κ2) is 7.25. The molecule has 0 spiro atoms. The van der Waals surface area contributed by atoms with Crippen molar-refractivity contribution in [2.24, 2.45) is 0 Å². The van der Waals surface area contributed by atoms with E-state index < -0.39 is 49.0 Å². The number of nitrogens with one attached hydrogen (secondary N) is 1. The molecule has 4 rings (SSSR count). The number of aliphatic hydroxyl groups excluding tert-OH is 1. The molecule has 2 aliphatic heterocycles. The van der Waals surface area contributed by atoms with Gasteiger partial charge in [-0.15, -0.1) is 0 Å². The fourth-order valence-corrected chi connectivity index (χ4v) is 2.89. The summed E-state index contributed by atoms with van der Waals surface area (Å²) in [6.07, 6.45) is -1.72. The van der Waals surface area contributed by atoms with Crippen LogP contribution in [-0.2, 0) is 19.0 Å². The van der Waals surface area contributed by atoms with Gasteiger partial charge in [0.25, 0.3) is 0 Å². The van der Waals surface area contributed by atoms with Crippen molar-refractivity contribution in [2.75, 3.05) is 12.1 Å². The number of fused-ring (bicyclic) bond motifs is 1. The highest BCUT2D eigenvalue weighted by molar-refractivity contribution is 5.87. The second-order valence-electron chi connectivity index (χ2n) is 5.87. The molecule has 146 valence electrons. The number of pyridine rings is 1. The molecule has 2 N–H and O–H groups in total. The fraction of sp³-hybridized carbons (Fsp3) is 0.312. The van der Waals surface area contributed by atoms with E-state index in [1.54, 1.807) is 12.1 Å². The quantitative estimate of drug-likeness (QED) is 0.507. The number of hydrogen-bond acceptors (Lipinski definition) is 11. The van der Waals surface area contributed by atoms with Gasteiger partial charge in [0.2, 0.25) is 0 Å². The van der Waals surface area contributed by atoms with Crippen molar-refractivity contribution in [3.63, 3.8) is 0 Å². The summed E-state index contributed by atoms with van der Waals surface area (Å²) in [6, 6.07) is 6.09. The van der Waals surface area contributed by atoms with Gasteiger partial charge < -0.3 is 24.2 Å². The number of carbonyl (C=O) groups excluding carboxylic acids is 2. The smallest absolute Gasteiger partial charge is 0.424 e. The van der Waals surface area contributed by atoms with E-state index in [2.05, 4.69) is 15.4 Å². The highest BCUT2D eigenvalue weighted by Crippen LogP contribution is 2.36. The number of anilines is 1. The summed E-state index contributed by atoms with van der Waals surface area (Å²) < 4.78 is 16.6. The van der Waals surface area contributed by atoms with Crippen molar-refractivity contribution in [1.82, 2.24) is 14.5 Å². The minimum atomic E-state index is -1.02. The minimum absolute atomic E-state index is 0.0292. The van der Waals surface area contributed by atoms with E-state index in [9.17, 15) is 19.5 Å². The van der Waals surface area contributed by atoms with E-state index in [0.717, 1.165) is 4.57 Å². The van der Waals surface area contributed by atoms with Crippen LogP contribution in [0.25, 0.3) is 0 Å². The SMILES string of the molecule is O=C1O[C@@H]2[C@H](O1)[C@@H](CO)O[C@H]2n1ccc(NOC(=O)c2ccccn2)nc1=O. The van der Waals surface area contributed by atoms with Gasteiger partial charge in [-0.1, -0.05) is 6.07 Å². The van der Waals surface area contributed by atoms with Gasteiger partial charge in [0.15, 0.2) is 29.9 Å². The predicted molar refractivity (Wildman–Crippen MR) is 87.9 cm³/mol. The third kappa shape index (κ3) is 3.25. The molecule has 28 heavy (non-hydrogen) atoms. The Bertz CT molecular complexity index is 949. The van der Waals surface area contributed by atoms with Crippen LogP contribution in [-0.4, -0.2) is 56.7 Å². The van der Waals surface area contributed by atoms with Crippen molar-refractivity contribution in [3.05, 3.63) is 52.8 Å². The summed E-state index contributed by atoms with van der Waals surface area (Å²) in [7, 11) is 0. The molecule has 0 aromatic carbocycles. The first-order valence-corrected chi connectivity index (χ1v) is 8.18. The van der Waals surface area contributed by atoms with Gasteiger partial charge in [0.05, 0.1) is 6.61 Å². The molecule has 0 unspecified atom stereocenters. The van der Waals surface area contributed by atoms with Crippen molar-refractivity contribution in [2.45, 2.75) is 24.5 Å². The number of aromatic nitrogens is 3. The summed E-state index contributed by atoms with van der Waals surface area (Å²) in [4.78, 5) is 47.9. The topological polar surface area (TPSA) is 151 Å². The lowest BCUT2D eigenvalue weighted by molar-refractivity contribution is -0.0735. The van der Waals surface area contributed by atoms with E-state index in [0.29, 0.717) is 0 Å². The number of rotatable bonds is 5. The molecule has 2 aromatic rings. The van der Waals surface area contributed by atoms with Crippen LogP contribution in [0.5, 0.6) is 0 Å². The first kappa shape index (κ1) is 17.9. The molecule has 2 aromatic heterocycles. The first-order chi connectivity index (χ1) is 13.6. The second-order valence-corrected chi connectivity index (χ2v) is 5.87. The molecule has 0 amide bonds. The van der Waals surface area contributed by atoms with Crippen LogP contribution in [0.1, 0.15) is 16.7 Å². The van der Waals surface area contributed by atoms with E-state index in [1.807, 2.05) is 0 Å². The molecule has 2 saturated heterocycles. The number of hydrogen-bond donors (Lipinski definition) is 2. The molecule has 2 fully saturated rings. The zero-order valence-electron chi connectivity index (χ0n) is 14.1. The standard InChI is InChI=1S/C16H14N4O8/c21-7-9-11-12(27-16(24)26-11)13(25-9)20-6-4-10(18-15(20)23)19-28-14(22)8-3-1-2-5-17-8/h1-6,9,11-13,21H,7H2,(H,18,19,23)/t9-,11-,12-,13-/m1/s1. The Morgan fingerprint density at radius 2 is 2.07 bits per heavy atom. The summed E-state index contributed by atoms with van der Waals surface area (Å²) in [5.74, 6) is -0.784. The van der Waals surface area contributed by atoms with Crippen molar-refractivity contribution in [3.8, 4) is 0 Å². The van der Waals surface area contributed by atoms with E-state index in [1.165, 1.54) is 24.5 Å². The van der Waals surface area contributed by atoms with Gasteiger partial charge in [-0.2, -0.15) is 10.5 Å². The van der Waals surface area contributed by atoms with E-state index in [-0.39, 0.29) is 11.5 Å². The normalized spacial score (nSPS) is 25.5. The highest BCUT2D eigenvalue weighted by Gasteiger charge is 2.55. The molecule has 0 saturated carbocycles. The molecule has 0 radical (unpaired) electrons. The van der Waals surface area contributed by atoms with Crippen LogP contribution < -0.4 is 11.2 Å². The third-order valence-corrected chi connectivity index (χ3v) is 4.16. The fourth-order valence-electron chi connectivity index (χ4n) is 2.89. The van der Waals surface area contributed by atoms with Crippen LogP contribution in [0.2, 0.25) is 0 Å². The molecular weight excluding hydrogens is 376 g/mol. The Morgan fingerprint density at radius 3 is 2.79 bits per heavy atom. The van der Waals surface area contributed by atoms with Gasteiger partial charge in [-0.25, -0.2) is 19.4 Å². The monoisotopic (exact) mass is 390 g/mol. The zero-order valence-corrected chi connectivity index (χ0v) is 14.1. The molecule has 12 heteroatoms. The Balaban J connectivity index is 1.47. The zero-order chi connectivity index (χ0) is 19.7. The summed E-state index contributed by atoms with van der Waals surface area (Å²) >= 11 is 0. The largest absolute Gasteiger partial charge is 0.509 e. The lowest BCUT2D eigenvalue weighted by Crippen LogP contribution is -2.34. The summed E-state index contributed by atoms with van der Waals surface area (Å²) in [5.41, 5.74) is 1.59. The average molecular weight is 390 g/mol. The van der Waals surface area contributed by atoms with Crippen LogP contribution in [0, 0.1) is 0 Å². The molecule has 4 heterocycles. The van der Waals surface area contributed by atoms with Gasteiger partial charge in [-0.3, -0.25) is 4.57 Å². The number of aliphatic hydroxyl groups is 1. The maximum Gasteiger partial charge on any atom is 0.509 e. The van der Waals surface area contributed by atoms with Gasteiger partial charge >= 0.3 is 17.8 Å². The van der Waals surface area contributed by atoms with Gasteiger partial charge in [-0.05, 0) is 12.1 Å². The third-order valence-electron chi connectivity index (χ3n) is 4.16. The molecular formula is C16H14N4O8. The Labute approximate surface area is 156 Å². The number of ether oxygens (including phenoxy) is 3. The predicted octanol–water partition coefficient (Wildman–Crippen LogP) is -0.384. The van der Waals surface area contributed by atoms with E-state index in [4.69, 9.17) is 19.0 Å². The molecule has 4 atom stereocenters. The van der Waals surface area contributed by atoms with Crippen LogP contribution in [0.3, 0.4) is 0 Å². The van der Waals surface area contributed by atoms with Crippen LogP contribution in [0.15, 0.2) is 41.5 Å².